The summed E-state index contributed by atoms with van der Waals surface area (Å²) in [6.07, 6.45) is 14.1. The van der Waals surface area contributed by atoms with Gasteiger partial charge in [0.2, 0.25) is 0 Å². The summed E-state index contributed by atoms with van der Waals surface area (Å²) >= 11 is 0. The molecule has 0 amide bonds. The van der Waals surface area contributed by atoms with Crippen LogP contribution in [0.4, 0.5) is 0 Å². The van der Waals surface area contributed by atoms with Crippen molar-refractivity contribution < 1.29 is 0 Å². The van der Waals surface area contributed by atoms with Crippen molar-refractivity contribution in [3.63, 3.8) is 0 Å². The highest BCUT2D eigenvalue weighted by molar-refractivity contribution is 5.85. The largest absolute Gasteiger partial charge is 0.323 e. The van der Waals surface area contributed by atoms with Gasteiger partial charge in [-0.25, -0.2) is 4.79 Å². The Morgan fingerprint density at radius 3 is 1.15 bits per heavy atom. The first-order valence-corrected chi connectivity index (χ1v) is 10.9. The number of aryl methyl sites for hydroxylation is 2. The van der Waals surface area contributed by atoms with Gasteiger partial charge in [0, 0.05) is 0 Å². The summed E-state index contributed by atoms with van der Waals surface area (Å²) in [6.45, 7) is 9.03. The molecule has 3 nitrogen and oxygen atoms in total. The molecule has 2 aromatic rings. The Hall–Kier alpha value is -1.51. The topological polar surface area (TPSA) is 48.6 Å². The molecule has 3 heteroatoms. The van der Waals surface area contributed by atoms with Crippen molar-refractivity contribution in [3.8, 4) is 0 Å². The summed E-state index contributed by atoms with van der Waals surface area (Å²) in [5.74, 6) is 0. The second-order valence-electron chi connectivity index (χ2n) is 7.66. The molecular formula is C23H38N2O. The number of imidazole rings is 1. The smallest absolute Gasteiger partial charge is 0.305 e. The minimum absolute atomic E-state index is 0.0513. The third-order valence-corrected chi connectivity index (χ3v) is 5.54. The average molecular weight is 359 g/mol. The Balaban J connectivity index is 2.71. The minimum atomic E-state index is -0.0513. The van der Waals surface area contributed by atoms with Gasteiger partial charge in [-0.05, 0) is 73.6 Å². The van der Waals surface area contributed by atoms with E-state index in [2.05, 4.69) is 37.7 Å². The van der Waals surface area contributed by atoms with Crippen molar-refractivity contribution in [1.29, 1.82) is 0 Å². The Bertz CT molecular complexity index is 679. The lowest BCUT2D eigenvalue weighted by Gasteiger charge is -2.21. The van der Waals surface area contributed by atoms with Gasteiger partial charge < -0.3 is 9.97 Å². The van der Waals surface area contributed by atoms with Crippen molar-refractivity contribution >= 4 is 11.0 Å². The number of H-pyrrole nitrogens is 2. The highest BCUT2D eigenvalue weighted by Gasteiger charge is 2.20. The van der Waals surface area contributed by atoms with Crippen LogP contribution in [-0.4, -0.2) is 9.97 Å². The minimum Gasteiger partial charge on any atom is -0.305 e. The highest BCUT2D eigenvalue weighted by atomic mass is 16.1. The lowest BCUT2D eigenvalue weighted by atomic mass is 9.85. The second kappa shape index (κ2) is 10.6. The molecule has 0 radical (unpaired) electrons. The first kappa shape index (κ1) is 20.8. The van der Waals surface area contributed by atoms with E-state index in [0.29, 0.717) is 0 Å². The maximum atomic E-state index is 12.2. The zero-order valence-corrected chi connectivity index (χ0v) is 17.4. The van der Waals surface area contributed by atoms with Crippen LogP contribution < -0.4 is 5.69 Å². The Morgan fingerprint density at radius 1 is 0.538 bits per heavy atom. The fraction of sp³-hybridized carbons (Fsp3) is 0.696. The predicted molar refractivity (Wildman–Crippen MR) is 113 cm³/mol. The number of benzene rings is 1. The molecule has 0 aliphatic heterocycles. The number of nitrogens with one attached hydrogen (secondary N) is 2. The molecule has 0 unspecified atom stereocenters. The number of unbranched alkanes of at least 4 members (excludes halogenated alkanes) is 4. The van der Waals surface area contributed by atoms with Gasteiger partial charge in [0.1, 0.15) is 0 Å². The van der Waals surface area contributed by atoms with Crippen LogP contribution in [0.25, 0.3) is 11.0 Å². The van der Waals surface area contributed by atoms with Gasteiger partial charge in [-0.3, -0.25) is 0 Å². The van der Waals surface area contributed by atoms with E-state index in [0.717, 1.165) is 36.7 Å². The zero-order valence-electron chi connectivity index (χ0n) is 17.4. The number of hydrogen-bond donors (Lipinski definition) is 2. The molecule has 0 bridgehead atoms. The van der Waals surface area contributed by atoms with Crippen LogP contribution >= 0.6 is 0 Å². The molecule has 2 rings (SSSR count). The van der Waals surface area contributed by atoms with Gasteiger partial charge in [-0.1, -0.05) is 53.4 Å². The number of aromatic amines is 2. The van der Waals surface area contributed by atoms with Crippen LogP contribution in [-0.2, 0) is 25.7 Å². The van der Waals surface area contributed by atoms with E-state index in [1.165, 1.54) is 62.5 Å². The number of fused-ring (bicyclic) bond motifs is 1. The van der Waals surface area contributed by atoms with E-state index < -0.39 is 0 Å². The molecule has 146 valence electrons. The third-order valence-electron chi connectivity index (χ3n) is 5.54. The average Bonchev–Trinajstić information content (AvgIpc) is 3.02. The quantitative estimate of drug-likeness (QED) is 0.464. The molecule has 0 fully saturated rings. The summed E-state index contributed by atoms with van der Waals surface area (Å²) in [7, 11) is 0. The Morgan fingerprint density at radius 2 is 0.846 bits per heavy atom. The van der Waals surface area contributed by atoms with Gasteiger partial charge in [0.05, 0.1) is 11.0 Å². The fourth-order valence-corrected chi connectivity index (χ4v) is 4.07. The second-order valence-corrected chi connectivity index (χ2v) is 7.66. The summed E-state index contributed by atoms with van der Waals surface area (Å²) in [6, 6.07) is 0. The molecule has 0 saturated heterocycles. The lowest BCUT2D eigenvalue weighted by molar-refractivity contribution is 0.723. The van der Waals surface area contributed by atoms with Crippen molar-refractivity contribution in [2.45, 2.75) is 105 Å². The van der Waals surface area contributed by atoms with Gasteiger partial charge in [-0.2, -0.15) is 0 Å². The van der Waals surface area contributed by atoms with Crippen molar-refractivity contribution in [2.24, 2.45) is 0 Å². The normalized spacial score (nSPS) is 11.5. The molecule has 1 heterocycles. The molecule has 1 aromatic carbocycles. The molecule has 0 atom stereocenters. The van der Waals surface area contributed by atoms with Gasteiger partial charge in [-0.15, -0.1) is 0 Å². The summed E-state index contributed by atoms with van der Waals surface area (Å²) in [5, 5.41) is 0. The molecule has 0 aliphatic carbocycles. The number of aromatic nitrogens is 2. The van der Waals surface area contributed by atoms with Crippen LogP contribution in [0.3, 0.4) is 0 Å². The Labute approximate surface area is 159 Å². The van der Waals surface area contributed by atoms with E-state index in [4.69, 9.17) is 0 Å². The fourth-order valence-electron chi connectivity index (χ4n) is 4.07. The van der Waals surface area contributed by atoms with Gasteiger partial charge in [0.15, 0.2) is 0 Å². The number of hydrogen-bond acceptors (Lipinski definition) is 1. The maximum Gasteiger partial charge on any atom is 0.323 e. The molecule has 0 spiro atoms. The van der Waals surface area contributed by atoms with Crippen LogP contribution in [0.15, 0.2) is 4.79 Å². The molecular weight excluding hydrogens is 320 g/mol. The summed E-state index contributed by atoms with van der Waals surface area (Å²) in [4.78, 5) is 18.5. The van der Waals surface area contributed by atoms with Crippen LogP contribution in [0.1, 0.15) is 101 Å². The zero-order chi connectivity index (χ0) is 18.9. The first-order valence-electron chi connectivity index (χ1n) is 10.9. The molecule has 0 aliphatic rings. The number of rotatable bonds is 12. The first-order chi connectivity index (χ1) is 12.7. The molecule has 26 heavy (non-hydrogen) atoms. The van der Waals surface area contributed by atoms with E-state index in [9.17, 15) is 4.79 Å². The van der Waals surface area contributed by atoms with Crippen molar-refractivity contribution in [1.82, 2.24) is 9.97 Å². The van der Waals surface area contributed by atoms with Crippen LogP contribution in [0.2, 0.25) is 0 Å². The standard InChI is InChI=1S/C23H38N2O/c1-5-9-13-17-18(14-10-6-2)20(16-12-8-4)22-21(24-23(26)25-22)19(17)15-11-7-3/h5-16H2,1-4H3,(H2,24,25,26). The van der Waals surface area contributed by atoms with Crippen molar-refractivity contribution in [2.75, 3.05) is 0 Å². The van der Waals surface area contributed by atoms with Crippen LogP contribution in [0, 0.1) is 0 Å². The van der Waals surface area contributed by atoms with Crippen molar-refractivity contribution in [3.05, 3.63) is 32.7 Å². The van der Waals surface area contributed by atoms with E-state index >= 15 is 0 Å². The van der Waals surface area contributed by atoms with Gasteiger partial charge >= 0.3 is 5.69 Å². The van der Waals surface area contributed by atoms with E-state index in [1.807, 2.05) is 0 Å². The van der Waals surface area contributed by atoms with E-state index in [1.54, 1.807) is 11.1 Å². The molecule has 0 saturated carbocycles. The van der Waals surface area contributed by atoms with E-state index in [-0.39, 0.29) is 5.69 Å². The lowest BCUT2D eigenvalue weighted by Crippen LogP contribution is -2.08. The monoisotopic (exact) mass is 358 g/mol. The van der Waals surface area contributed by atoms with Crippen LogP contribution in [0.5, 0.6) is 0 Å². The predicted octanol–water partition coefficient (Wildman–Crippen LogP) is 6.23. The highest BCUT2D eigenvalue weighted by Crippen LogP contribution is 2.33. The summed E-state index contributed by atoms with van der Waals surface area (Å²) in [5.41, 5.74) is 8.09. The van der Waals surface area contributed by atoms with Gasteiger partial charge in [0.25, 0.3) is 0 Å². The Kier molecular flexibility index (Phi) is 8.47. The summed E-state index contributed by atoms with van der Waals surface area (Å²) < 4.78 is 0. The maximum absolute atomic E-state index is 12.2. The molecule has 2 N–H and O–H groups in total. The molecule has 1 aromatic heterocycles. The SMILES string of the molecule is CCCCc1c(CCCC)c(CCCC)c2[nH]c(=O)[nH]c2c1CCCC. The third kappa shape index (κ3) is 4.81.